The molecule has 1 fully saturated rings. The van der Waals surface area contributed by atoms with Gasteiger partial charge >= 0.3 is 18.0 Å². The number of nitrogens with zero attached hydrogens (tertiary/aromatic N) is 4. The lowest BCUT2D eigenvalue weighted by Gasteiger charge is -2.12. The average Bonchev–Trinajstić information content (AvgIpc) is 2.70. The molecule has 0 saturated carbocycles. The van der Waals surface area contributed by atoms with E-state index in [2.05, 4.69) is 15.0 Å². The van der Waals surface area contributed by atoms with Crippen molar-refractivity contribution in [3.05, 3.63) is 0 Å². The van der Waals surface area contributed by atoms with Gasteiger partial charge in [0, 0.05) is 12.8 Å². The molecule has 0 spiro atoms. The highest BCUT2D eigenvalue weighted by Gasteiger charge is 2.32. The number of rotatable bonds is 4. The summed E-state index contributed by atoms with van der Waals surface area (Å²) in [4.78, 5) is 38.9. The molecule has 1 aliphatic rings. The lowest BCUT2D eigenvalue weighted by atomic mass is 10.4. The molecule has 0 bridgehead atoms. The summed E-state index contributed by atoms with van der Waals surface area (Å²) in [6.07, 6.45) is 0.219. The number of imide groups is 1. The van der Waals surface area contributed by atoms with Gasteiger partial charge in [-0.3, -0.25) is 9.59 Å². The maximum atomic E-state index is 11.3. The summed E-state index contributed by atoms with van der Waals surface area (Å²) >= 11 is 0. The zero-order valence-corrected chi connectivity index (χ0v) is 9.74. The third-order valence-corrected chi connectivity index (χ3v) is 2.12. The van der Waals surface area contributed by atoms with E-state index in [4.69, 9.17) is 14.3 Å². The second-order valence-corrected chi connectivity index (χ2v) is 3.26. The molecular formula is C9H10N4O5. The fraction of sp³-hybridized carbons (Fsp3) is 0.444. The summed E-state index contributed by atoms with van der Waals surface area (Å²) in [5.41, 5.74) is 0. The van der Waals surface area contributed by atoms with Gasteiger partial charge in [0.05, 0.1) is 14.2 Å². The molecule has 9 heteroatoms. The average molecular weight is 254 g/mol. The summed E-state index contributed by atoms with van der Waals surface area (Å²) in [6.45, 7) is 0. The SMILES string of the molecule is COc1nc(OC)nc(ON2C(=O)CCC2=O)n1. The first-order valence-corrected chi connectivity index (χ1v) is 5.02. The number of aromatic nitrogens is 3. The van der Waals surface area contributed by atoms with Crippen LogP contribution < -0.4 is 14.3 Å². The van der Waals surface area contributed by atoms with Crippen LogP contribution in [-0.2, 0) is 9.59 Å². The first-order chi connectivity index (χ1) is 8.63. The van der Waals surface area contributed by atoms with E-state index in [-0.39, 0.29) is 30.9 Å². The van der Waals surface area contributed by atoms with Crippen molar-refractivity contribution in [1.29, 1.82) is 0 Å². The second kappa shape index (κ2) is 4.82. The molecule has 9 nitrogen and oxygen atoms in total. The van der Waals surface area contributed by atoms with Crippen LogP contribution >= 0.6 is 0 Å². The van der Waals surface area contributed by atoms with Crippen LogP contribution in [-0.4, -0.2) is 46.0 Å². The standard InChI is InChI=1S/C9H10N4O5/c1-16-7-10-8(17-2)12-9(11-7)18-13-5(14)3-4-6(13)15/h3-4H2,1-2H3. The minimum atomic E-state index is -0.446. The molecular weight excluding hydrogens is 244 g/mol. The monoisotopic (exact) mass is 254 g/mol. The molecule has 0 radical (unpaired) electrons. The zero-order chi connectivity index (χ0) is 13.1. The van der Waals surface area contributed by atoms with Gasteiger partial charge in [-0.1, -0.05) is 0 Å². The largest absolute Gasteiger partial charge is 0.467 e. The van der Waals surface area contributed by atoms with Crippen molar-refractivity contribution in [3.63, 3.8) is 0 Å². The van der Waals surface area contributed by atoms with E-state index in [0.29, 0.717) is 5.06 Å². The molecule has 0 N–H and O–H groups in total. The molecule has 2 amide bonds. The third-order valence-electron chi connectivity index (χ3n) is 2.12. The fourth-order valence-corrected chi connectivity index (χ4v) is 1.28. The molecule has 0 atom stereocenters. The van der Waals surface area contributed by atoms with Crippen molar-refractivity contribution in [1.82, 2.24) is 20.0 Å². The summed E-state index contributed by atoms with van der Waals surface area (Å²) in [6, 6.07) is -0.339. The molecule has 1 aromatic heterocycles. The number of ether oxygens (including phenoxy) is 2. The van der Waals surface area contributed by atoms with Crippen molar-refractivity contribution < 1.29 is 23.9 Å². The Bertz CT molecular complexity index is 454. The normalized spacial score (nSPS) is 14.9. The Balaban J connectivity index is 2.22. The molecule has 2 rings (SSSR count). The number of carbonyl (C=O) groups is 2. The number of methoxy groups -OCH3 is 2. The van der Waals surface area contributed by atoms with Gasteiger partial charge in [0.15, 0.2) is 0 Å². The van der Waals surface area contributed by atoms with E-state index in [1.54, 1.807) is 0 Å². The summed E-state index contributed by atoms with van der Waals surface area (Å²) < 4.78 is 9.61. The Labute approximate surface area is 102 Å². The van der Waals surface area contributed by atoms with Gasteiger partial charge < -0.3 is 14.3 Å². The highest BCUT2D eigenvalue weighted by Crippen LogP contribution is 2.18. The summed E-state index contributed by atoms with van der Waals surface area (Å²) in [5, 5.41) is 0.619. The third kappa shape index (κ3) is 2.29. The topological polar surface area (TPSA) is 104 Å². The molecule has 0 aliphatic carbocycles. The highest BCUT2D eigenvalue weighted by atomic mass is 16.7. The van der Waals surface area contributed by atoms with Crippen molar-refractivity contribution >= 4 is 11.8 Å². The van der Waals surface area contributed by atoms with Crippen LogP contribution in [0.1, 0.15) is 12.8 Å². The number of hydroxylamine groups is 2. The Morgan fingerprint density at radius 2 is 1.33 bits per heavy atom. The smallest absolute Gasteiger partial charge is 0.353 e. The van der Waals surface area contributed by atoms with Gasteiger partial charge in [0.2, 0.25) is 0 Å². The van der Waals surface area contributed by atoms with Gasteiger partial charge in [0.25, 0.3) is 11.8 Å². The maximum absolute atomic E-state index is 11.3. The van der Waals surface area contributed by atoms with Crippen molar-refractivity contribution in [2.45, 2.75) is 12.8 Å². The molecule has 1 aromatic rings. The van der Waals surface area contributed by atoms with E-state index in [9.17, 15) is 9.59 Å². The van der Waals surface area contributed by atoms with Gasteiger partial charge in [-0.2, -0.15) is 0 Å². The molecule has 96 valence electrons. The van der Waals surface area contributed by atoms with E-state index >= 15 is 0 Å². The van der Waals surface area contributed by atoms with Crippen LogP contribution in [0.5, 0.6) is 18.0 Å². The number of carbonyl (C=O) groups excluding carboxylic acids is 2. The summed E-state index contributed by atoms with van der Waals surface area (Å²) in [7, 11) is 2.70. The van der Waals surface area contributed by atoms with E-state index in [1.807, 2.05) is 0 Å². The molecule has 1 saturated heterocycles. The number of hydrogen-bond acceptors (Lipinski definition) is 8. The Morgan fingerprint density at radius 1 is 0.889 bits per heavy atom. The van der Waals surface area contributed by atoms with Crippen LogP contribution in [0.25, 0.3) is 0 Å². The van der Waals surface area contributed by atoms with Crippen molar-refractivity contribution in [2.24, 2.45) is 0 Å². The molecule has 2 heterocycles. The molecule has 18 heavy (non-hydrogen) atoms. The number of amides is 2. The molecule has 0 aromatic carbocycles. The van der Waals surface area contributed by atoms with Crippen LogP contribution in [0.15, 0.2) is 0 Å². The van der Waals surface area contributed by atoms with Crippen molar-refractivity contribution in [3.8, 4) is 18.0 Å². The van der Waals surface area contributed by atoms with E-state index in [1.165, 1.54) is 14.2 Å². The zero-order valence-electron chi connectivity index (χ0n) is 9.74. The molecule has 0 unspecified atom stereocenters. The van der Waals surface area contributed by atoms with E-state index < -0.39 is 11.8 Å². The predicted molar refractivity (Wildman–Crippen MR) is 54.6 cm³/mol. The van der Waals surface area contributed by atoms with Crippen LogP contribution in [0.2, 0.25) is 0 Å². The molecule has 1 aliphatic heterocycles. The van der Waals surface area contributed by atoms with Crippen LogP contribution in [0.4, 0.5) is 0 Å². The maximum Gasteiger partial charge on any atom is 0.353 e. The lowest BCUT2D eigenvalue weighted by Crippen LogP contribution is -2.33. The highest BCUT2D eigenvalue weighted by molar-refractivity contribution is 6.00. The van der Waals surface area contributed by atoms with Gasteiger partial charge in [-0.05, 0) is 0 Å². The minimum absolute atomic E-state index is 0.0454. The van der Waals surface area contributed by atoms with Gasteiger partial charge in [-0.15, -0.1) is 20.0 Å². The predicted octanol–water partition coefficient (Wildman–Crippen LogP) is -0.668. The van der Waals surface area contributed by atoms with Crippen LogP contribution in [0.3, 0.4) is 0 Å². The second-order valence-electron chi connectivity index (χ2n) is 3.26. The Morgan fingerprint density at radius 3 is 1.78 bits per heavy atom. The first-order valence-electron chi connectivity index (χ1n) is 5.02. The quantitative estimate of drug-likeness (QED) is 0.652. The van der Waals surface area contributed by atoms with Gasteiger partial charge in [0.1, 0.15) is 0 Å². The van der Waals surface area contributed by atoms with Crippen molar-refractivity contribution in [2.75, 3.05) is 14.2 Å². The fourth-order valence-electron chi connectivity index (χ4n) is 1.28. The van der Waals surface area contributed by atoms with Gasteiger partial charge in [-0.25, -0.2) is 0 Å². The Hall–Kier alpha value is -2.45. The minimum Gasteiger partial charge on any atom is -0.467 e. The first kappa shape index (κ1) is 12.0. The summed E-state index contributed by atoms with van der Waals surface area (Å²) in [5.74, 6) is -0.892. The Kier molecular flexibility index (Phi) is 3.22. The van der Waals surface area contributed by atoms with Crippen LogP contribution in [0, 0.1) is 0 Å². The lowest BCUT2D eigenvalue weighted by molar-refractivity contribution is -0.165. The van der Waals surface area contributed by atoms with E-state index in [0.717, 1.165) is 0 Å². The number of hydrogen-bond donors (Lipinski definition) is 0.